The van der Waals surface area contributed by atoms with Gasteiger partial charge in [0.25, 0.3) is 0 Å². The van der Waals surface area contributed by atoms with Gasteiger partial charge >= 0.3 is 5.97 Å². The molecular weight excluding hydrogens is 530 g/mol. The zero-order valence-corrected chi connectivity index (χ0v) is 22.9. The van der Waals surface area contributed by atoms with Gasteiger partial charge in [0.15, 0.2) is 11.6 Å². The second-order valence-corrected chi connectivity index (χ2v) is 11.6. The lowest BCUT2D eigenvalue weighted by Gasteiger charge is -2.46. The Morgan fingerprint density at radius 2 is 1.88 bits per heavy atom. The van der Waals surface area contributed by atoms with Crippen LogP contribution in [0.3, 0.4) is 0 Å². The van der Waals surface area contributed by atoms with Crippen LogP contribution in [0.4, 0.5) is 20.2 Å². The van der Waals surface area contributed by atoms with Crippen molar-refractivity contribution in [2.45, 2.75) is 12.8 Å². The number of rotatable bonds is 4. The molecule has 1 aromatic carbocycles. The van der Waals surface area contributed by atoms with E-state index in [1.807, 2.05) is 0 Å². The summed E-state index contributed by atoms with van der Waals surface area (Å²) in [6.07, 6.45) is 5.90. The van der Waals surface area contributed by atoms with Crippen LogP contribution in [-0.4, -0.2) is 70.8 Å². The summed E-state index contributed by atoms with van der Waals surface area (Å²) in [5.41, 5.74) is 3.98. The van der Waals surface area contributed by atoms with E-state index in [4.69, 9.17) is 4.98 Å². The van der Waals surface area contributed by atoms with E-state index in [0.29, 0.717) is 45.7 Å². The van der Waals surface area contributed by atoms with Gasteiger partial charge in [0, 0.05) is 105 Å². The van der Waals surface area contributed by atoms with Crippen LogP contribution in [0, 0.1) is 17.0 Å². The van der Waals surface area contributed by atoms with Gasteiger partial charge in [-0.05, 0) is 25.1 Å². The van der Waals surface area contributed by atoms with Gasteiger partial charge in [-0.25, -0.2) is 18.6 Å². The summed E-state index contributed by atoms with van der Waals surface area (Å²) < 4.78 is 32.0. The van der Waals surface area contributed by atoms with Crippen molar-refractivity contribution in [3.8, 4) is 22.3 Å². The Kier molecular flexibility index (Phi) is 5.50. The predicted octanol–water partition coefficient (Wildman–Crippen LogP) is 3.73. The minimum atomic E-state index is -1.32. The highest BCUT2D eigenvalue weighted by Gasteiger charge is 2.47. The van der Waals surface area contributed by atoms with Gasteiger partial charge in [-0.15, -0.1) is 0 Å². The monoisotopic (exact) mass is 558 g/mol. The number of aromatic carboxylic acids is 1. The van der Waals surface area contributed by atoms with Gasteiger partial charge in [-0.3, -0.25) is 9.78 Å². The molecule has 1 aliphatic carbocycles. The van der Waals surface area contributed by atoms with E-state index in [-0.39, 0.29) is 21.9 Å². The van der Waals surface area contributed by atoms with Crippen LogP contribution in [0.15, 0.2) is 35.5 Å². The summed E-state index contributed by atoms with van der Waals surface area (Å²) in [5.74, 6) is -3.17. The minimum Gasteiger partial charge on any atom is -0.477 e. The fraction of sp³-hybridized carbons (Fsp3) is 0.333. The van der Waals surface area contributed by atoms with Crippen molar-refractivity contribution in [3.63, 3.8) is 0 Å². The van der Waals surface area contributed by atoms with Gasteiger partial charge in [0.2, 0.25) is 5.43 Å². The number of carboxylic acid groups (broad SMARTS) is 1. The average Bonchev–Trinajstić information content (AvgIpc) is 3.54. The van der Waals surface area contributed by atoms with Crippen LogP contribution in [0.2, 0.25) is 0 Å². The van der Waals surface area contributed by atoms with Crippen LogP contribution in [0.1, 0.15) is 28.0 Å². The fourth-order valence-corrected chi connectivity index (χ4v) is 7.12. The van der Waals surface area contributed by atoms with E-state index in [0.717, 1.165) is 38.3 Å². The molecule has 0 amide bonds. The van der Waals surface area contributed by atoms with Crippen LogP contribution in [0.25, 0.3) is 33.3 Å². The largest absolute Gasteiger partial charge is 0.477 e. The number of anilines is 2. The number of pyridine rings is 3. The number of carboxylic acids is 1. The highest BCUT2D eigenvalue weighted by atomic mass is 19.2. The maximum atomic E-state index is 15.6. The van der Waals surface area contributed by atoms with E-state index >= 15 is 4.39 Å². The molecule has 7 rings (SSSR count). The Balaban J connectivity index is 1.49. The molecule has 0 radical (unpaired) electrons. The quantitative estimate of drug-likeness (QED) is 0.344. The number of carbonyl (C=O) groups is 1. The topological polar surface area (TPSA) is 104 Å². The highest BCUT2D eigenvalue weighted by Crippen LogP contribution is 2.52. The summed E-state index contributed by atoms with van der Waals surface area (Å²) in [6.45, 7) is 3.40. The van der Waals surface area contributed by atoms with Crippen LogP contribution < -0.4 is 15.6 Å². The van der Waals surface area contributed by atoms with Gasteiger partial charge in [-0.2, -0.15) is 0 Å². The molecular formula is C30H28F2N6O3. The van der Waals surface area contributed by atoms with Gasteiger partial charge in [0.1, 0.15) is 11.2 Å². The van der Waals surface area contributed by atoms with Crippen LogP contribution >= 0.6 is 0 Å². The molecule has 41 heavy (non-hydrogen) atoms. The molecule has 11 heteroatoms. The number of halogens is 2. The number of aromatic nitrogens is 3. The number of benzene rings is 1. The zero-order chi connectivity index (χ0) is 28.8. The second kappa shape index (κ2) is 8.81. The first-order valence-electron chi connectivity index (χ1n) is 13.5. The molecule has 2 N–H and O–H groups in total. The maximum Gasteiger partial charge on any atom is 0.341 e. The first-order chi connectivity index (χ1) is 19.6. The molecule has 2 aliphatic heterocycles. The first kappa shape index (κ1) is 25.6. The van der Waals surface area contributed by atoms with Gasteiger partial charge in [0.05, 0.1) is 16.8 Å². The SMILES string of the molecule is CNc1cc(F)c(F)c2c1Cc1ncc(-c3cnc4c(c3)c(=O)c(C(=O)O)cn4C)c(N3CCC4(CN(C)C4)C3)c1-2. The van der Waals surface area contributed by atoms with Crippen molar-refractivity contribution in [1.82, 2.24) is 19.4 Å². The Labute approximate surface area is 234 Å². The third-order valence-corrected chi connectivity index (χ3v) is 8.84. The van der Waals surface area contributed by atoms with Crippen molar-refractivity contribution < 1.29 is 18.7 Å². The summed E-state index contributed by atoms with van der Waals surface area (Å²) in [4.78, 5) is 38.6. The molecule has 0 atom stereocenters. The normalized spacial score (nSPS) is 17.1. The Morgan fingerprint density at radius 1 is 1.10 bits per heavy atom. The molecule has 0 bridgehead atoms. The minimum absolute atomic E-state index is 0.119. The van der Waals surface area contributed by atoms with Crippen LogP contribution in [0.5, 0.6) is 0 Å². The second-order valence-electron chi connectivity index (χ2n) is 11.6. The number of aryl methyl sites for hydroxylation is 1. The molecule has 3 aliphatic rings. The summed E-state index contributed by atoms with van der Waals surface area (Å²) in [5, 5.41) is 12.7. The van der Waals surface area contributed by atoms with Crippen molar-refractivity contribution in [3.05, 3.63) is 69.4 Å². The molecule has 2 fully saturated rings. The first-order valence-corrected chi connectivity index (χ1v) is 13.5. The highest BCUT2D eigenvalue weighted by molar-refractivity contribution is 5.98. The summed E-state index contributed by atoms with van der Waals surface area (Å²) in [6, 6.07) is 2.81. The number of likely N-dealkylation sites (tertiary alicyclic amines) is 1. The van der Waals surface area contributed by atoms with E-state index in [9.17, 15) is 19.1 Å². The number of hydrogen-bond donors (Lipinski definition) is 2. The lowest BCUT2D eigenvalue weighted by Crippen LogP contribution is -2.55. The molecule has 1 spiro atoms. The zero-order valence-electron chi connectivity index (χ0n) is 22.9. The van der Waals surface area contributed by atoms with Crippen molar-refractivity contribution >= 4 is 28.4 Å². The third kappa shape index (κ3) is 3.68. The number of nitrogens with one attached hydrogen (secondary N) is 1. The smallest absolute Gasteiger partial charge is 0.341 e. The molecule has 2 saturated heterocycles. The lowest BCUT2D eigenvalue weighted by atomic mass is 9.79. The summed E-state index contributed by atoms with van der Waals surface area (Å²) >= 11 is 0. The molecule has 5 heterocycles. The Morgan fingerprint density at radius 3 is 2.59 bits per heavy atom. The average molecular weight is 559 g/mol. The van der Waals surface area contributed by atoms with E-state index < -0.39 is 23.0 Å². The van der Waals surface area contributed by atoms with Gasteiger partial charge < -0.3 is 24.8 Å². The van der Waals surface area contributed by atoms with Crippen molar-refractivity contribution in [2.24, 2.45) is 12.5 Å². The number of hydrogen-bond acceptors (Lipinski definition) is 7. The standard InChI is InChI=1S/C30H28F2N6O3/c1-33-21-8-20(31)25(32)23-16(21)7-22-24(23)26(38-5-4-30(14-38)12-36(2)13-30)18(10-34-22)15-6-17-27(39)19(29(40)41)11-37(3)28(17)35-9-15/h6,8-11,33H,4-5,7,12-14H2,1-3H3,(H,40,41). The van der Waals surface area contributed by atoms with Crippen molar-refractivity contribution in [1.29, 1.82) is 0 Å². The molecule has 4 aromatic rings. The third-order valence-electron chi connectivity index (χ3n) is 8.84. The number of nitrogens with zero attached hydrogens (tertiary/aromatic N) is 5. The maximum absolute atomic E-state index is 15.6. The molecule has 0 saturated carbocycles. The van der Waals surface area contributed by atoms with Crippen molar-refractivity contribution in [2.75, 3.05) is 50.5 Å². The molecule has 9 nitrogen and oxygen atoms in total. The molecule has 210 valence electrons. The van der Waals surface area contributed by atoms with E-state index in [2.05, 4.69) is 27.1 Å². The fourth-order valence-electron chi connectivity index (χ4n) is 7.12. The number of fused-ring (bicyclic) bond motifs is 4. The van der Waals surface area contributed by atoms with E-state index in [1.165, 1.54) is 16.8 Å². The van der Waals surface area contributed by atoms with Crippen LogP contribution in [-0.2, 0) is 13.5 Å². The Hall–Kier alpha value is -4.38. The molecule has 3 aromatic heterocycles. The summed E-state index contributed by atoms with van der Waals surface area (Å²) in [7, 11) is 5.40. The predicted molar refractivity (Wildman–Crippen MR) is 152 cm³/mol. The van der Waals surface area contributed by atoms with E-state index in [1.54, 1.807) is 32.6 Å². The van der Waals surface area contributed by atoms with Gasteiger partial charge in [-0.1, -0.05) is 0 Å². The Bertz CT molecular complexity index is 1860. The lowest BCUT2D eigenvalue weighted by molar-refractivity contribution is 0.0424. The molecule has 0 unspecified atom stereocenters.